The Bertz CT molecular complexity index is 507. The van der Waals surface area contributed by atoms with E-state index < -0.39 is 11.7 Å². The lowest BCUT2D eigenvalue weighted by molar-refractivity contribution is -0.148. The third-order valence-corrected chi connectivity index (χ3v) is 6.03. The SMILES string of the molecule is CCCCCCCCC12CC(c3ccc(C(F)(F)F)cc3)(C1)C2. The summed E-state index contributed by atoms with van der Waals surface area (Å²) in [5, 5.41) is 0. The van der Waals surface area contributed by atoms with Crippen LogP contribution in [-0.4, -0.2) is 0 Å². The molecule has 23 heavy (non-hydrogen) atoms. The molecule has 3 saturated carbocycles. The van der Waals surface area contributed by atoms with Crippen molar-refractivity contribution in [3.8, 4) is 0 Å². The Hall–Kier alpha value is -0.990. The Labute approximate surface area is 137 Å². The lowest BCUT2D eigenvalue weighted by atomic mass is 9.32. The highest BCUT2D eigenvalue weighted by molar-refractivity contribution is 5.40. The van der Waals surface area contributed by atoms with E-state index >= 15 is 0 Å². The summed E-state index contributed by atoms with van der Waals surface area (Å²) < 4.78 is 37.9. The summed E-state index contributed by atoms with van der Waals surface area (Å²) >= 11 is 0. The summed E-state index contributed by atoms with van der Waals surface area (Å²) in [5.41, 5.74) is 1.34. The van der Waals surface area contributed by atoms with E-state index in [2.05, 4.69) is 6.92 Å². The molecule has 0 heterocycles. The van der Waals surface area contributed by atoms with Crippen molar-refractivity contribution >= 4 is 0 Å². The maximum Gasteiger partial charge on any atom is 0.416 e. The van der Waals surface area contributed by atoms with Crippen LogP contribution < -0.4 is 0 Å². The highest BCUT2D eigenvalue weighted by Crippen LogP contribution is 2.75. The van der Waals surface area contributed by atoms with Crippen molar-refractivity contribution in [3.63, 3.8) is 0 Å². The van der Waals surface area contributed by atoms with Crippen LogP contribution in [0.15, 0.2) is 24.3 Å². The first-order valence-corrected chi connectivity index (χ1v) is 9.07. The maximum absolute atomic E-state index is 12.6. The Balaban J connectivity index is 1.44. The number of unbranched alkanes of at least 4 members (excludes halogenated alkanes) is 5. The van der Waals surface area contributed by atoms with E-state index in [-0.39, 0.29) is 5.41 Å². The maximum atomic E-state index is 12.6. The number of alkyl halides is 3. The minimum absolute atomic E-state index is 0.215. The van der Waals surface area contributed by atoms with Crippen molar-refractivity contribution < 1.29 is 13.2 Å². The molecule has 3 fully saturated rings. The molecular weight excluding hydrogens is 297 g/mol. The van der Waals surface area contributed by atoms with Gasteiger partial charge >= 0.3 is 6.18 Å². The Morgan fingerprint density at radius 3 is 2.00 bits per heavy atom. The zero-order chi connectivity index (χ0) is 16.6. The van der Waals surface area contributed by atoms with Gasteiger partial charge in [0.25, 0.3) is 0 Å². The third-order valence-electron chi connectivity index (χ3n) is 6.03. The number of hydrogen-bond donors (Lipinski definition) is 0. The van der Waals surface area contributed by atoms with Gasteiger partial charge in [0.2, 0.25) is 0 Å². The standard InChI is InChI=1S/C20H27F3/c1-2-3-4-5-6-7-12-18-13-19(14-18,15-18)16-8-10-17(11-9-16)20(21,22)23/h8-11H,2-7,12-15H2,1H3. The van der Waals surface area contributed by atoms with Crippen molar-refractivity contribution in [2.75, 3.05) is 0 Å². The lowest BCUT2D eigenvalue weighted by Gasteiger charge is -2.72. The average molecular weight is 324 g/mol. The van der Waals surface area contributed by atoms with Crippen molar-refractivity contribution in [2.24, 2.45) is 5.41 Å². The molecule has 0 nitrogen and oxygen atoms in total. The lowest BCUT2D eigenvalue weighted by Crippen LogP contribution is -2.64. The molecule has 0 N–H and O–H groups in total. The molecule has 128 valence electrons. The van der Waals surface area contributed by atoms with E-state index in [9.17, 15) is 13.2 Å². The number of benzene rings is 1. The topological polar surface area (TPSA) is 0 Å². The first-order chi connectivity index (χ1) is 10.9. The van der Waals surface area contributed by atoms with Gasteiger partial charge < -0.3 is 0 Å². The smallest absolute Gasteiger partial charge is 0.166 e. The Morgan fingerprint density at radius 2 is 1.43 bits per heavy atom. The number of rotatable bonds is 8. The molecule has 0 saturated heterocycles. The van der Waals surface area contributed by atoms with Gasteiger partial charge in [-0.3, -0.25) is 0 Å². The second-order valence-corrected chi connectivity index (χ2v) is 7.90. The predicted molar refractivity (Wildman–Crippen MR) is 87.4 cm³/mol. The van der Waals surface area contributed by atoms with E-state index in [1.54, 1.807) is 12.1 Å². The van der Waals surface area contributed by atoms with Gasteiger partial charge in [-0.05, 0) is 54.2 Å². The molecule has 0 unspecified atom stereocenters. The van der Waals surface area contributed by atoms with Crippen LogP contribution in [0, 0.1) is 5.41 Å². The molecule has 0 atom stereocenters. The Kier molecular flexibility index (Phi) is 4.50. The summed E-state index contributed by atoms with van der Waals surface area (Å²) in [6, 6.07) is 5.90. The largest absolute Gasteiger partial charge is 0.416 e. The van der Waals surface area contributed by atoms with E-state index in [0.717, 1.165) is 5.56 Å². The van der Waals surface area contributed by atoms with Gasteiger partial charge in [0.15, 0.2) is 0 Å². The molecule has 1 aromatic carbocycles. The van der Waals surface area contributed by atoms with Gasteiger partial charge in [-0.1, -0.05) is 57.6 Å². The average Bonchev–Trinajstić information content (AvgIpc) is 2.42. The van der Waals surface area contributed by atoms with Gasteiger partial charge in [-0.15, -0.1) is 0 Å². The Morgan fingerprint density at radius 1 is 0.870 bits per heavy atom. The predicted octanol–water partition coefficient (Wildman–Crippen LogP) is 6.88. The molecule has 1 aromatic rings. The normalized spacial score (nSPS) is 29.0. The molecule has 4 rings (SSSR count). The number of halogens is 3. The van der Waals surface area contributed by atoms with E-state index in [0.29, 0.717) is 5.41 Å². The molecule has 0 aromatic heterocycles. The van der Waals surface area contributed by atoms with Crippen LogP contribution in [0.1, 0.15) is 82.3 Å². The van der Waals surface area contributed by atoms with Gasteiger partial charge in [-0.2, -0.15) is 13.2 Å². The van der Waals surface area contributed by atoms with Crippen molar-refractivity contribution in [1.29, 1.82) is 0 Å². The fraction of sp³-hybridized carbons (Fsp3) is 0.700. The van der Waals surface area contributed by atoms with E-state index in [1.165, 1.54) is 76.3 Å². The second-order valence-electron chi connectivity index (χ2n) is 7.90. The fourth-order valence-electron chi connectivity index (χ4n) is 4.86. The van der Waals surface area contributed by atoms with Crippen LogP contribution in [0.25, 0.3) is 0 Å². The molecule has 0 amide bonds. The molecule has 3 aliphatic rings. The first-order valence-electron chi connectivity index (χ1n) is 9.07. The quantitative estimate of drug-likeness (QED) is 0.457. The highest BCUT2D eigenvalue weighted by atomic mass is 19.4. The van der Waals surface area contributed by atoms with Crippen LogP contribution in [0.3, 0.4) is 0 Å². The molecule has 0 radical (unpaired) electrons. The molecule has 0 aliphatic heterocycles. The van der Waals surface area contributed by atoms with Crippen LogP contribution in [0.4, 0.5) is 13.2 Å². The van der Waals surface area contributed by atoms with E-state index in [4.69, 9.17) is 0 Å². The molecule has 3 heteroatoms. The second kappa shape index (κ2) is 6.14. The summed E-state index contributed by atoms with van der Waals surface area (Å²) in [4.78, 5) is 0. The van der Waals surface area contributed by atoms with Gasteiger partial charge in [0.05, 0.1) is 5.56 Å². The van der Waals surface area contributed by atoms with Gasteiger partial charge in [0, 0.05) is 0 Å². The molecule has 3 aliphatic carbocycles. The van der Waals surface area contributed by atoms with Crippen LogP contribution in [0.5, 0.6) is 0 Å². The molecule has 0 spiro atoms. The van der Waals surface area contributed by atoms with Crippen molar-refractivity contribution in [3.05, 3.63) is 35.4 Å². The minimum Gasteiger partial charge on any atom is -0.166 e. The van der Waals surface area contributed by atoms with Crippen LogP contribution >= 0.6 is 0 Å². The minimum atomic E-state index is -4.23. The van der Waals surface area contributed by atoms with E-state index in [1.807, 2.05) is 0 Å². The monoisotopic (exact) mass is 324 g/mol. The van der Waals surface area contributed by atoms with Crippen LogP contribution in [0.2, 0.25) is 0 Å². The first kappa shape index (κ1) is 16.9. The van der Waals surface area contributed by atoms with Gasteiger partial charge in [-0.25, -0.2) is 0 Å². The highest BCUT2D eigenvalue weighted by Gasteiger charge is 2.67. The van der Waals surface area contributed by atoms with Crippen molar-refractivity contribution in [2.45, 2.75) is 82.7 Å². The zero-order valence-corrected chi connectivity index (χ0v) is 14.0. The zero-order valence-electron chi connectivity index (χ0n) is 14.0. The fourth-order valence-corrected chi connectivity index (χ4v) is 4.86. The summed E-state index contributed by atoms with van der Waals surface area (Å²) in [7, 11) is 0. The van der Waals surface area contributed by atoms with Crippen LogP contribution in [-0.2, 0) is 11.6 Å². The number of hydrogen-bond acceptors (Lipinski definition) is 0. The summed E-state index contributed by atoms with van der Waals surface area (Å²) in [5.74, 6) is 0. The molecule has 2 bridgehead atoms. The van der Waals surface area contributed by atoms with Crippen molar-refractivity contribution in [1.82, 2.24) is 0 Å². The summed E-state index contributed by atoms with van der Waals surface area (Å²) in [6.07, 6.45) is 8.70. The summed E-state index contributed by atoms with van der Waals surface area (Å²) in [6.45, 7) is 2.24. The molecular formula is C20H27F3. The third kappa shape index (κ3) is 3.29. The van der Waals surface area contributed by atoms with Gasteiger partial charge in [0.1, 0.15) is 0 Å².